The summed E-state index contributed by atoms with van der Waals surface area (Å²) in [5, 5.41) is 0. The highest BCUT2D eigenvalue weighted by Crippen LogP contribution is 2.27. The van der Waals surface area contributed by atoms with Crippen LogP contribution in [-0.4, -0.2) is 56.1 Å². The second-order valence-corrected chi connectivity index (χ2v) is 10.2. The lowest BCUT2D eigenvalue weighted by Crippen LogP contribution is -2.30. The molecule has 34 heavy (non-hydrogen) atoms. The SMILES string of the molecule is CCOCCn1c(=NC(=O)c2ccc(S(=O)(=O)N(CC)CC)cc2)sc2cccc(OCC)c21. The Kier molecular flexibility index (Phi) is 9.01. The van der Waals surface area contributed by atoms with Gasteiger partial charge in [0.25, 0.3) is 5.91 Å². The highest BCUT2D eigenvalue weighted by molar-refractivity contribution is 7.89. The molecule has 1 heterocycles. The summed E-state index contributed by atoms with van der Waals surface area (Å²) in [6.07, 6.45) is 0. The fourth-order valence-corrected chi connectivity index (χ4v) is 6.13. The largest absolute Gasteiger partial charge is 0.492 e. The lowest BCUT2D eigenvalue weighted by Gasteiger charge is -2.18. The number of rotatable bonds is 11. The van der Waals surface area contributed by atoms with Gasteiger partial charge in [-0.2, -0.15) is 9.30 Å². The van der Waals surface area contributed by atoms with Crippen molar-refractivity contribution in [2.75, 3.05) is 32.9 Å². The van der Waals surface area contributed by atoms with Crippen molar-refractivity contribution in [3.63, 3.8) is 0 Å². The fourth-order valence-electron chi connectivity index (χ4n) is 3.60. The van der Waals surface area contributed by atoms with Gasteiger partial charge in [0.1, 0.15) is 11.3 Å². The van der Waals surface area contributed by atoms with E-state index in [1.807, 2.05) is 36.6 Å². The number of thiazole rings is 1. The average Bonchev–Trinajstić information content (AvgIpc) is 3.18. The summed E-state index contributed by atoms with van der Waals surface area (Å²) in [5.41, 5.74) is 1.19. The van der Waals surface area contributed by atoms with E-state index in [1.54, 1.807) is 13.8 Å². The zero-order valence-corrected chi connectivity index (χ0v) is 21.6. The molecule has 3 aromatic rings. The Labute approximate surface area is 204 Å². The van der Waals surface area contributed by atoms with Crippen LogP contribution in [0.1, 0.15) is 38.1 Å². The Hall–Kier alpha value is -2.53. The van der Waals surface area contributed by atoms with Gasteiger partial charge in [0.05, 0.1) is 22.8 Å². The maximum Gasteiger partial charge on any atom is 0.279 e. The second-order valence-electron chi connectivity index (χ2n) is 7.30. The van der Waals surface area contributed by atoms with Crippen molar-refractivity contribution in [2.24, 2.45) is 4.99 Å². The molecule has 0 aliphatic rings. The zero-order chi connectivity index (χ0) is 24.7. The molecule has 0 spiro atoms. The molecule has 0 atom stereocenters. The number of ether oxygens (including phenoxy) is 2. The molecule has 0 saturated carbocycles. The molecule has 2 aromatic carbocycles. The van der Waals surface area contributed by atoms with Crippen LogP contribution in [0.4, 0.5) is 0 Å². The standard InChI is InChI=1S/C24H31N3O5S2/c1-5-26(6-2)34(29,30)19-14-12-18(13-15-19)23(28)25-24-27(16-17-31-7-3)22-20(32-8-4)10-9-11-21(22)33-24/h9-15H,5-8,16-17H2,1-4H3. The van der Waals surface area contributed by atoms with Gasteiger partial charge in [-0.1, -0.05) is 31.3 Å². The van der Waals surface area contributed by atoms with E-state index in [0.29, 0.717) is 49.8 Å². The van der Waals surface area contributed by atoms with Crippen LogP contribution in [0, 0.1) is 0 Å². The number of carbonyl (C=O) groups excluding carboxylic acids is 1. The van der Waals surface area contributed by atoms with Crippen molar-refractivity contribution in [1.82, 2.24) is 8.87 Å². The first-order valence-electron chi connectivity index (χ1n) is 11.4. The summed E-state index contributed by atoms with van der Waals surface area (Å²) in [4.78, 5) is 18.1. The Morgan fingerprint density at radius 3 is 2.35 bits per heavy atom. The lowest BCUT2D eigenvalue weighted by atomic mass is 10.2. The molecule has 0 bridgehead atoms. The average molecular weight is 506 g/mol. The van der Waals surface area contributed by atoms with Crippen molar-refractivity contribution >= 4 is 37.5 Å². The third-order valence-electron chi connectivity index (χ3n) is 5.27. The van der Waals surface area contributed by atoms with Crippen LogP contribution >= 0.6 is 11.3 Å². The molecule has 0 aliphatic carbocycles. The Balaban J connectivity index is 2.01. The number of hydrogen-bond acceptors (Lipinski definition) is 6. The third-order valence-corrected chi connectivity index (χ3v) is 8.38. The predicted octanol–water partition coefficient (Wildman–Crippen LogP) is 3.91. The Bertz CT molecular complexity index is 1290. The van der Waals surface area contributed by atoms with Crippen LogP contribution < -0.4 is 9.54 Å². The quantitative estimate of drug-likeness (QED) is 0.369. The summed E-state index contributed by atoms with van der Waals surface area (Å²) in [5.74, 6) is 0.286. The molecule has 0 N–H and O–H groups in total. The van der Waals surface area contributed by atoms with E-state index in [9.17, 15) is 13.2 Å². The van der Waals surface area contributed by atoms with Gasteiger partial charge in [-0.15, -0.1) is 0 Å². The molecular weight excluding hydrogens is 474 g/mol. The predicted molar refractivity (Wildman–Crippen MR) is 134 cm³/mol. The van der Waals surface area contributed by atoms with Crippen molar-refractivity contribution in [3.05, 3.63) is 52.8 Å². The first-order chi connectivity index (χ1) is 16.4. The van der Waals surface area contributed by atoms with E-state index >= 15 is 0 Å². The highest BCUT2D eigenvalue weighted by atomic mass is 32.2. The number of amides is 1. The molecule has 8 nitrogen and oxygen atoms in total. The minimum atomic E-state index is -3.59. The summed E-state index contributed by atoms with van der Waals surface area (Å²) in [6, 6.07) is 11.7. The van der Waals surface area contributed by atoms with Crippen LogP contribution in [0.15, 0.2) is 52.4 Å². The van der Waals surface area contributed by atoms with Gasteiger partial charge in [0, 0.05) is 31.8 Å². The van der Waals surface area contributed by atoms with Crippen molar-refractivity contribution in [1.29, 1.82) is 0 Å². The summed E-state index contributed by atoms with van der Waals surface area (Å²) < 4.78 is 41.0. The minimum absolute atomic E-state index is 0.155. The number of hydrogen-bond donors (Lipinski definition) is 0. The molecule has 10 heteroatoms. The number of sulfonamides is 1. The first kappa shape index (κ1) is 26.1. The maximum absolute atomic E-state index is 13.0. The molecule has 0 unspecified atom stereocenters. The molecule has 0 radical (unpaired) electrons. The van der Waals surface area contributed by atoms with Crippen LogP contribution in [0.3, 0.4) is 0 Å². The van der Waals surface area contributed by atoms with Crippen LogP contribution in [0.25, 0.3) is 10.2 Å². The minimum Gasteiger partial charge on any atom is -0.492 e. The van der Waals surface area contributed by atoms with Gasteiger partial charge in [-0.25, -0.2) is 8.42 Å². The van der Waals surface area contributed by atoms with E-state index in [-0.39, 0.29) is 4.90 Å². The second kappa shape index (κ2) is 11.7. The van der Waals surface area contributed by atoms with E-state index < -0.39 is 15.9 Å². The van der Waals surface area contributed by atoms with Crippen LogP contribution in [0.5, 0.6) is 5.75 Å². The monoisotopic (exact) mass is 505 g/mol. The zero-order valence-electron chi connectivity index (χ0n) is 20.0. The van der Waals surface area contributed by atoms with E-state index in [1.165, 1.54) is 39.9 Å². The Morgan fingerprint density at radius 1 is 1.03 bits per heavy atom. The first-order valence-corrected chi connectivity index (χ1v) is 13.6. The van der Waals surface area contributed by atoms with Gasteiger partial charge in [0.2, 0.25) is 10.0 Å². The van der Waals surface area contributed by atoms with Crippen molar-refractivity contribution < 1.29 is 22.7 Å². The molecular formula is C24H31N3O5S2. The van der Waals surface area contributed by atoms with Gasteiger partial charge in [-0.05, 0) is 50.2 Å². The Morgan fingerprint density at radius 2 is 1.74 bits per heavy atom. The van der Waals surface area contributed by atoms with Crippen molar-refractivity contribution in [2.45, 2.75) is 39.1 Å². The van der Waals surface area contributed by atoms with Gasteiger partial charge in [-0.3, -0.25) is 4.79 Å². The summed E-state index contributed by atoms with van der Waals surface area (Å²) in [6.45, 7) is 10.3. The highest BCUT2D eigenvalue weighted by Gasteiger charge is 2.22. The van der Waals surface area contributed by atoms with E-state index in [0.717, 1.165) is 16.0 Å². The molecule has 1 amide bonds. The lowest BCUT2D eigenvalue weighted by molar-refractivity contribution is 0.0996. The van der Waals surface area contributed by atoms with E-state index in [4.69, 9.17) is 9.47 Å². The van der Waals surface area contributed by atoms with Gasteiger partial charge in [0.15, 0.2) is 4.80 Å². The number of carbonyl (C=O) groups is 1. The number of fused-ring (bicyclic) bond motifs is 1. The van der Waals surface area contributed by atoms with Crippen molar-refractivity contribution in [3.8, 4) is 5.75 Å². The van der Waals surface area contributed by atoms with E-state index in [2.05, 4.69) is 4.99 Å². The van der Waals surface area contributed by atoms with Gasteiger partial charge >= 0.3 is 0 Å². The molecule has 3 rings (SSSR count). The molecule has 0 aliphatic heterocycles. The van der Waals surface area contributed by atoms with Gasteiger partial charge < -0.3 is 14.0 Å². The molecule has 0 fully saturated rings. The number of aromatic nitrogens is 1. The topological polar surface area (TPSA) is 90.2 Å². The number of nitrogens with zero attached hydrogens (tertiary/aromatic N) is 3. The summed E-state index contributed by atoms with van der Waals surface area (Å²) in [7, 11) is -3.59. The number of benzene rings is 2. The molecule has 1 aromatic heterocycles. The maximum atomic E-state index is 13.0. The third kappa shape index (κ3) is 5.57. The fraction of sp³-hybridized carbons (Fsp3) is 0.417. The molecule has 0 saturated heterocycles. The smallest absolute Gasteiger partial charge is 0.279 e. The summed E-state index contributed by atoms with van der Waals surface area (Å²) >= 11 is 1.40. The van der Waals surface area contributed by atoms with Crippen LogP contribution in [0.2, 0.25) is 0 Å². The number of para-hydroxylation sites is 1. The van der Waals surface area contributed by atoms with Crippen LogP contribution in [-0.2, 0) is 21.3 Å². The normalized spacial score (nSPS) is 12.6. The molecule has 184 valence electrons.